The number of ether oxygens (including phenoxy) is 1. The molecule has 7 nitrogen and oxygen atoms in total. The average Bonchev–Trinajstić information content (AvgIpc) is 2.35. The van der Waals surface area contributed by atoms with Crippen LogP contribution in [-0.2, 0) is 22.1 Å². The fourth-order valence-corrected chi connectivity index (χ4v) is 1.63. The number of hydrazine groups is 1. The molecule has 18 heavy (non-hydrogen) atoms. The highest BCUT2D eigenvalue weighted by Gasteiger charge is 2.04. The van der Waals surface area contributed by atoms with Gasteiger partial charge in [0.1, 0.15) is 18.2 Å². The van der Waals surface area contributed by atoms with Crippen molar-refractivity contribution in [3.8, 4) is 0 Å². The lowest BCUT2D eigenvalue weighted by Gasteiger charge is -2.09. The molecular formula is C10H19N5O2S. The van der Waals surface area contributed by atoms with Gasteiger partial charge >= 0.3 is 0 Å². The van der Waals surface area contributed by atoms with Crippen molar-refractivity contribution in [1.82, 2.24) is 9.97 Å². The lowest BCUT2D eigenvalue weighted by atomic mass is 10.5. The monoisotopic (exact) mass is 273 g/mol. The number of anilines is 2. The first-order valence-electron chi connectivity index (χ1n) is 5.62. The summed E-state index contributed by atoms with van der Waals surface area (Å²) in [7, 11) is -0.827. The highest BCUT2D eigenvalue weighted by molar-refractivity contribution is 7.84. The molecule has 8 heteroatoms. The van der Waals surface area contributed by atoms with Crippen LogP contribution in [0.4, 0.5) is 11.6 Å². The molecule has 1 atom stereocenters. The molecule has 1 aromatic rings. The molecule has 0 saturated carbocycles. The summed E-state index contributed by atoms with van der Waals surface area (Å²) in [6.07, 6.45) is 1.66. The van der Waals surface area contributed by atoms with Crippen molar-refractivity contribution >= 4 is 22.4 Å². The predicted molar refractivity (Wildman–Crippen MR) is 72.6 cm³/mol. The van der Waals surface area contributed by atoms with Gasteiger partial charge < -0.3 is 15.5 Å². The van der Waals surface area contributed by atoms with Crippen LogP contribution in [0, 0.1) is 0 Å². The molecule has 1 heterocycles. The molecule has 4 N–H and O–H groups in total. The van der Waals surface area contributed by atoms with E-state index in [1.165, 1.54) is 0 Å². The van der Waals surface area contributed by atoms with Gasteiger partial charge in [0.15, 0.2) is 5.82 Å². The summed E-state index contributed by atoms with van der Waals surface area (Å²) in [5, 5.41) is 3.07. The molecule has 0 aliphatic heterocycles. The number of nitrogens with zero attached hydrogens (tertiary/aromatic N) is 2. The van der Waals surface area contributed by atoms with Gasteiger partial charge in [-0.25, -0.2) is 15.8 Å². The lowest BCUT2D eigenvalue weighted by Crippen LogP contribution is -2.15. The summed E-state index contributed by atoms with van der Waals surface area (Å²) >= 11 is 0. The van der Waals surface area contributed by atoms with Gasteiger partial charge in [-0.15, -0.1) is 0 Å². The van der Waals surface area contributed by atoms with Gasteiger partial charge in [-0.1, -0.05) is 0 Å². The Morgan fingerprint density at radius 2 is 2.17 bits per heavy atom. The zero-order chi connectivity index (χ0) is 13.4. The number of nitrogens with one attached hydrogen (secondary N) is 2. The first-order valence-corrected chi connectivity index (χ1v) is 7.34. The Hall–Kier alpha value is -1.25. The smallest absolute Gasteiger partial charge is 0.158 e. The molecule has 1 aromatic heterocycles. The maximum atomic E-state index is 11.0. The Morgan fingerprint density at radius 1 is 1.44 bits per heavy atom. The fraction of sp³-hybridized carbons (Fsp3) is 0.600. The Bertz CT molecular complexity index is 402. The van der Waals surface area contributed by atoms with Crippen molar-refractivity contribution in [3.63, 3.8) is 0 Å². The number of aromatic nitrogens is 2. The lowest BCUT2D eigenvalue weighted by molar-refractivity contribution is 0.128. The molecular weight excluding hydrogens is 254 g/mol. The zero-order valence-corrected chi connectivity index (χ0v) is 11.4. The van der Waals surface area contributed by atoms with Crippen molar-refractivity contribution in [2.45, 2.75) is 13.5 Å². The van der Waals surface area contributed by atoms with E-state index in [1.807, 2.05) is 6.92 Å². The van der Waals surface area contributed by atoms with Gasteiger partial charge in [0.2, 0.25) is 0 Å². The Morgan fingerprint density at radius 3 is 2.78 bits per heavy atom. The molecule has 102 valence electrons. The average molecular weight is 273 g/mol. The van der Waals surface area contributed by atoms with Crippen LogP contribution in [-0.4, -0.2) is 39.3 Å². The molecule has 0 amide bonds. The summed E-state index contributed by atoms with van der Waals surface area (Å²) in [4.78, 5) is 8.43. The minimum atomic E-state index is -0.827. The van der Waals surface area contributed by atoms with Crippen LogP contribution in [0.2, 0.25) is 0 Å². The Labute approximate surface area is 109 Å². The summed E-state index contributed by atoms with van der Waals surface area (Å²) in [5.74, 6) is 7.60. The van der Waals surface area contributed by atoms with E-state index in [0.29, 0.717) is 43.0 Å². The SMILES string of the molecule is CCOCc1nc(NN)cc(NCCS(C)=O)n1. The molecule has 0 saturated heterocycles. The normalized spacial score (nSPS) is 12.2. The predicted octanol–water partition coefficient (Wildman–Crippen LogP) is 0.0891. The van der Waals surface area contributed by atoms with E-state index in [-0.39, 0.29) is 0 Å². The first kappa shape index (κ1) is 14.8. The molecule has 0 bridgehead atoms. The van der Waals surface area contributed by atoms with Crippen LogP contribution in [0.25, 0.3) is 0 Å². The zero-order valence-electron chi connectivity index (χ0n) is 10.6. The van der Waals surface area contributed by atoms with Crippen molar-refractivity contribution < 1.29 is 8.95 Å². The summed E-state index contributed by atoms with van der Waals surface area (Å²) in [6.45, 7) is 3.42. The summed E-state index contributed by atoms with van der Waals surface area (Å²) in [6, 6.07) is 1.69. The molecule has 0 aliphatic rings. The number of rotatable bonds is 8. The van der Waals surface area contributed by atoms with Crippen molar-refractivity contribution in [3.05, 3.63) is 11.9 Å². The van der Waals surface area contributed by atoms with Gasteiger partial charge in [-0.05, 0) is 6.92 Å². The quantitative estimate of drug-likeness (QED) is 0.455. The number of hydrogen-bond acceptors (Lipinski definition) is 7. The van der Waals surface area contributed by atoms with E-state index >= 15 is 0 Å². The van der Waals surface area contributed by atoms with E-state index in [9.17, 15) is 4.21 Å². The Kier molecular flexibility index (Phi) is 6.55. The number of nitrogen functional groups attached to an aromatic ring is 1. The minimum absolute atomic E-state index is 0.334. The van der Waals surface area contributed by atoms with E-state index < -0.39 is 10.8 Å². The molecule has 1 unspecified atom stereocenters. The van der Waals surface area contributed by atoms with Crippen LogP contribution < -0.4 is 16.6 Å². The molecule has 0 fully saturated rings. The van der Waals surface area contributed by atoms with Gasteiger partial charge in [0.05, 0.1) is 0 Å². The van der Waals surface area contributed by atoms with Gasteiger partial charge in [-0.2, -0.15) is 0 Å². The van der Waals surface area contributed by atoms with Crippen LogP contribution in [0.15, 0.2) is 6.07 Å². The van der Waals surface area contributed by atoms with E-state index in [1.54, 1.807) is 12.3 Å². The number of hydrogen-bond donors (Lipinski definition) is 3. The first-order chi connectivity index (χ1) is 8.65. The van der Waals surface area contributed by atoms with Crippen molar-refractivity contribution in [2.24, 2.45) is 5.84 Å². The topological polar surface area (TPSA) is 102 Å². The second-order valence-corrected chi connectivity index (χ2v) is 5.09. The molecule has 0 radical (unpaired) electrons. The number of nitrogens with two attached hydrogens (primary N) is 1. The van der Waals surface area contributed by atoms with Crippen molar-refractivity contribution in [1.29, 1.82) is 0 Å². The Balaban J connectivity index is 2.67. The molecule has 0 spiro atoms. The fourth-order valence-electron chi connectivity index (χ4n) is 1.24. The van der Waals surface area contributed by atoms with E-state index in [4.69, 9.17) is 10.6 Å². The van der Waals surface area contributed by atoms with Crippen LogP contribution in [0.3, 0.4) is 0 Å². The summed E-state index contributed by atoms with van der Waals surface area (Å²) < 4.78 is 16.2. The minimum Gasteiger partial charge on any atom is -0.374 e. The van der Waals surface area contributed by atoms with Crippen molar-refractivity contribution in [2.75, 3.05) is 35.9 Å². The summed E-state index contributed by atoms with van der Waals surface area (Å²) in [5.41, 5.74) is 2.48. The third kappa shape index (κ3) is 5.39. The van der Waals surface area contributed by atoms with Gasteiger partial charge in [-0.3, -0.25) is 4.21 Å². The van der Waals surface area contributed by atoms with E-state index in [0.717, 1.165) is 0 Å². The van der Waals surface area contributed by atoms with Gasteiger partial charge in [0.25, 0.3) is 0 Å². The second-order valence-electron chi connectivity index (χ2n) is 3.54. The standard InChI is InChI=1S/C10H19N5O2S/c1-3-17-7-10-13-8(6-9(14-10)15-11)12-4-5-18(2)16/h6H,3-5,7,11H2,1-2H3,(H2,12,13,14,15). The highest BCUT2D eigenvalue weighted by atomic mass is 32.2. The molecule has 0 aliphatic carbocycles. The van der Waals surface area contributed by atoms with Crippen LogP contribution in [0.5, 0.6) is 0 Å². The maximum Gasteiger partial charge on any atom is 0.158 e. The molecule has 1 rings (SSSR count). The van der Waals surface area contributed by atoms with Crippen LogP contribution in [0.1, 0.15) is 12.7 Å². The third-order valence-corrected chi connectivity index (χ3v) is 2.83. The van der Waals surface area contributed by atoms with Gasteiger partial charge in [0, 0.05) is 42.0 Å². The third-order valence-electron chi connectivity index (χ3n) is 2.05. The molecule has 0 aromatic carbocycles. The second kappa shape index (κ2) is 7.96. The highest BCUT2D eigenvalue weighted by Crippen LogP contribution is 2.10. The largest absolute Gasteiger partial charge is 0.374 e. The van der Waals surface area contributed by atoms with Crippen LogP contribution >= 0.6 is 0 Å². The van der Waals surface area contributed by atoms with E-state index in [2.05, 4.69) is 20.7 Å². The maximum absolute atomic E-state index is 11.0.